The molecule has 0 atom stereocenters. The van der Waals surface area contributed by atoms with Gasteiger partial charge in [0.15, 0.2) is 0 Å². The fourth-order valence-corrected chi connectivity index (χ4v) is 2.72. The predicted octanol–water partition coefficient (Wildman–Crippen LogP) is 3.65. The Labute approximate surface area is 153 Å². The van der Waals surface area contributed by atoms with Gasteiger partial charge in [0.2, 0.25) is 0 Å². The standard InChI is InChI=1S/C19H23N3O3.H3N/c1-22(20)19(23)21-16-7-5-9-17(24-2)15(16)12-25-18-8-4-3-6-14(18)13-10-11-13;/h3-9,13H,10-12,20H2,1-2H3,(H,21,23);1H3. The van der Waals surface area contributed by atoms with Gasteiger partial charge < -0.3 is 20.9 Å². The van der Waals surface area contributed by atoms with Crippen LogP contribution in [0.4, 0.5) is 10.5 Å². The van der Waals surface area contributed by atoms with Crippen LogP contribution in [-0.4, -0.2) is 25.2 Å². The van der Waals surface area contributed by atoms with Crippen LogP contribution in [0.5, 0.6) is 11.5 Å². The number of nitrogens with one attached hydrogen (secondary N) is 1. The Hall–Kier alpha value is -2.77. The maximum atomic E-state index is 11.9. The fourth-order valence-electron chi connectivity index (χ4n) is 2.72. The van der Waals surface area contributed by atoms with Crippen LogP contribution in [-0.2, 0) is 6.61 Å². The molecule has 1 saturated carbocycles. The Morgan fingerprint density at radius 2 is 1.88 bits per heavy atom. The Morgan fingerprint density at radius 3 is 2.54 bits per heavy atom. The summed E-state index contributed by atoms with van der Waals surface area (Å²) in [5, 5.41) is 3.77. The van der Waals surface area contributed by atoms with Crippen LogP contribution in [0.25, 0.3) is 0 Å². The van der Waals surface area contributed by atoms with Crippen molar-refractivity contribution >= 4 is 11.7 Å². The number of carbonyl (C=O) groups is 1. The third-order valence-electron chi connectivity index (χ3n) is 4.22. The van der Waals surface area contributed by atoms with E-state index in [1.807, 2.05) is 30.3 Å². The average Bonchev–Trinajstić information content (AvgIpc) is 3.45. The first kappa shape index (κ1) is 19.6. The highest BCUT2D eigenvalue weighted by Crippen LogP contribution is 2.44. The molecular weight excluding hydrogens is 332 g/mol. The smallest absolute Gasteiger partial charge is 0.335 e. The molecule has 2 amide bonds. The van der Waals surface area contributed by atoms with Crippen molar-refractivity contribution in [3.05, 3.63) is 53.6 Å². The molecule has 2 aromatic rings. The zero-order chi connectivity index (χ0) is 17.8. The van der Waals surface area contributed by atoms with Crippen molar-refractivity contribution in [3.8, 4) is 11.5 Å². The first-order valence-electron chi connectivity index (χ1n) is 8.27. The van der Waals surface area contributed by atoms with E-state index >= 15 is 0 Å². The van der Waals surface area contributed by atoms with Gasteiger partial charge in [0.05, 0.1) is 18.4 Å². The van der Waals surface area contributed by atoms with E-state index in [4.69, 9.17) is 15.3 Å². The van der Waals surface area contributed by atoms with Gasteiger partial charge in [-0.3, -0.25) is 5.01 Å². The lowest BCUT2D eigenvalue weighted by atomic mass is 10.1. The summed E-state index contributed by atoms with van der Waals surface area (Å²) in [7, 11) is 3.08. The molecule has 6 N–H and O–H groups in total. The molecule has 0 aromatic heterocycles. The van der Waals surface area contributed by atoms with Crippen LogP contribution in [0.1, 0.15) is 29.9 Å². The number of methoxy groups -OCH3 is 1. The molecule has 0 bridgehead atoms. The zero-order valence-corrected chi connectivity index (χ0v) is 15.2. The molecule has 7 nitrogen and oxygen atoms in total. The number of anilines is 1. The SMILES string of the molecule is COc1cccc(NC(=O)N(C)N)c1COc1ccccc1C1CC1.N. The number of carbonyl (C=O) groups excluding carboxylic acids is 1. The summed E-state index contributed by atoms with van der Waals surface area (Å²) >= 11 is 0. The monoisotopic (exact) mass is 358 g/mol. The molecule has 2 aromatic carbocycles. The third-order valence-corrected chi connectivity index (χ3v) is 4.22. The van der Waals surface area contributed by atoms with Crippen molar-refractivity contribution in [1.82, 2.24) is 11.2 Å². The highest BCUT2D eigenvalue weighted by atomic mass is 16.5. The van der Waals surface area contributed by atoms with Gasteiger partial charge in [-0.25, -0.2) is 10.6 Å². The summed E-state index contributed by atoms with van der Waals surface area (Å²) in [6.45, 7) is 0.289. The first-order valence-corrected chi connectivity index (χ1v) is 8.27. The van der Waals surface area contributed by atoms with Crippen molar-refractivity contribution in [1.29, 1.82) is 0 Å². The van der Waals surface area contributed by atoms with E-state index in [1.165, 1.54) is 25.5 Å². The Balaban J connectivity index is 0.00000243. The number of hydrogen-bond donors (Lipinski definition) is 3. The van der Waals surface area contributed by atoms with Gasteiger partial charge in [0, 0.05) is 7.05 Å². The van der Waals surface area contributed by atoms with E-state index in [2.05, 4.69) is 11.4 Å². The summed E-state index contributed by atoms with van der Waals surface area (Å²) < 4.78 is 11.5. The second kappa shape index (κ2) is 8.55. The van der Waals surface area contributed by atoms with Crippen LogP contribution in [0, 0.1) is 0 Å². The molecule has 26 heavy (non-hydrogen) atoms. The number of para-hydroxylation sites is 1. The molecule has 0 aliphatic heterocycles. The highest BCUT2D eigenvalue weighted by Gasteiger charge is 2.26. The average molecular weight is 358 g/mol. The number of hydrazine groups is 1. The first-order chi connectivity index (χ1) is 12.1. The van der Waals surface area contributed by atoms with Crippen molar-refractivity contribution in [3.63, 3.8) is 0 Å². The molecule has 0 spiro atoms. The molecule has 0 heterocycles. The number of nitrogens with two attached hydrogens (primary N) is 1. The Morgan fingerprint density at radius 1 is 1.19 bits per heavy atom. The van der Waals surface area contributed by atoms with Gasteiger partial charge in [0.1, 0.15) is 18.1 Å². The van der Waals surface area contributed by atoms with Gasteiger partial charge in [-0.2, -0.15) is 0 Å². The molecule has 0 radical (unpaired) electrons. The Kier molecular flexibility index (Phi) is 6.43. The van der Waals surface area contributed by atoms with Gasteiger partial charge in [0.25, 0.3) is 0 Å². The maximum Gasteiger partial charge on any atom is 0.335 e. The summed E-state index contributed by atoms with van der Waals surface area (Å²) in [5.41, 5.74) is 2.63. The van der Waals surface area contributed by atoms with E-state index in [-0.39, 0.29) is 12.8 Å². The van der Waals surface area contributed by atoms with Crippen LogP contribution in [0.15, 0.2) is 42.5 Å². The minimum Gasteiger partial charge on any atom is -0.496 e. The number of nitrogens with zero attached hydrogens (tertiary/aromatic N) is 1. The lowest BCUT2D eigenvalue weighted by Gasteiger charge is -2.18. The molecule has 1 aliphatic rings. The number of rotatable bonds is 6. The van der Waals surface area contributed by atoms with E-state index < -0.39 is 6.03 Å². The van der Waals surface area contributed by atoms with Crippen molar-refractivity contribution < 1.29 is 14.3 Å². The van der Waals surface area contributed by atoms with Crippen molar-refractivity contribution in [2.45, 2.75) is 25.4 Å². The van der Waals surface area contributed by atoms with E-state index in [9.17, 15) is 4.79 Å². The van der Waals surface area contributed by atoms with Crippen LogP contribution in [0.3, 0.4) is 0 Å². The third kappa shape index (κ3) is 4.44. The van der Waals surface area contributed by atoms with Gasteiger partial charge in [-0.15, -0.1) is 0 Å². The number of benzene rings is 2. The van der Waals surface area contributed by atoms with Gasteiger partial charge >= 0.3 is 6.03 Å². The van der Waals surface area contributed by atoms with Crippen LogP contribution < -0.4 is 26.8 Å². The normalized spacial score (nSPS) is 12.7. The van der Waals surface area contributed by atoms with Crippen molar-refractivity contribution in [2.75, 3.05) is 19.5 Å². The zero-order valence-electron chi connectivity index (χ0n) is 15.2. The summed E-state index contributed by atoms with van der Waals surface area (Å²) in [4.78, 5) is 11.9. The minimum atomic E-state index is -0.409. The lowest BCUT2D eigenvalue weighted by molar-refractivity contribution is 0.223. The number of amides is 2. The molecular formula is C19H26N4O3. The van der Waals surface area contributed by atoms with E-state index in [0.29, 0.717) is 17.4 Å². The molecule has 7 heteroatoms. The quantitative estimate of drug-likeness (QED) is 0.414. The molecule has 1 aliphatic carbocycles. The predicted molar refractivity (Wildman–Crippen MR) is 102 cm³/mol. The minimum absolute atomic E-state index is 0. The topological polar surface area (TPSA) is 112 Å². The van der Waals surface area contributed by atoms with Crippen LogP contribution in [0.2, 0.25) is 0 Å². The van der Waals surface area contributed by atoms with E-state index in [1.54, 1.807) is 13.2 Å². The fraction of sp³-hybridized carbons (Fsp3) is 0.316. The Bertz CT molecular complexity index is 760. The number of ether oxygens (including phenoxy) is 2. The highest BCUT2D eigenvalue weighted by molar-refractivity contribution is 5.90. The number of hydrogen-bond acceptors (Lipinski definition) is 5. The van der Waals surface area contributed by atoms with E-state index in [0.717, 1.165) is 16.3 Å². The summed E-state index contributed by atoms with van der Waals surface area (Å²) in [6.07, 6.45) is 2.42. The summed E-state index contributed by atoms with van der Waals surface area (Å²) in [6, 6.07) is 13.1. The largest absolute Gasteiger partial charge is 0.496 e. The number of urea groups is 1. The van der Waals surface area contributed by atoms with Gasteiger partial charge in [-0.1, -0.05) is 24.3 Å². The molecule has 0 unspecified atom stereocenters. The second-order valence-electron chi connectivity index (χ2n) is 6.13. The molecule has 1 fully saturated rings. The van der Waals surface area contributed by atoms with Crippen LogP contribution >= 0.6 is 0 Å². The van der Waals surface area contributed by atoms with Gasteiger partial charge in [-0.05, 0) is 42.5 Å². The molecule has 140 valence electrons. The molecule has 3 rings (SSSR count). The summed E-state index contributed by atoms with van der Waals surface area (Å²) in [5.74, 6) is 7.62. The van der Waals surface area contributed by atoms with Crippen molar-refractivity contribution in [2.24, 2.45) is 5.84 Å². The molecule has 0 saturated heterocycles. The second-order valence-corrected chi connectivity index (χ2v) is 6.13. The maximum absolute atomic E-state index is 11.9. The lowest BCUT2D eigenvalue weighted by Crippen LogP contribution is -2.37.